The minimum atomic E-state index is 0.444. The zero-order valence-corrected chi connectivity index (χ0v) is 14.1. The molecule has 5 nitrogen and oxygen atoms in total. The Bertz CT molecular complexity index is 886. The number of anilines is 1. The molecule has 2 aromatic heterocycles. The monoisotopic (exact) mass is 369 g/mol. The van der Waals surface area contributed by atoms with E-state index in [0.29, 0.717) is 17.9 Å². The molecule has 0 amide bonds. The molecule has 5 rings (SSSR count). The van der Waals surface area contributed by atoms with Crippen molar-refractivity contribution in [3.05, 3.63) is 52.3 Å². The van der Waals surface area contributed by atoms with E-state index in [2.05, 4.69) is 55.7 Å². The van der Waals surface area contributed by atoms with Crippen molar-refractivity contribution in [2.24, 2.45) is 0 Å². The maximum atomic E-state index is 4.70. The second kappa shape index (κ2) is 5.03. The second-order valence-electron chi connectivity index (χ2n) is 6.44. The van der Waals surface area contributed by atoms with Gasteiger partial charge in [-0.3, -0.25) is 0 Å². The summed E-state index contributed by atoms with van der Waals surface area (Å²) in [6.45, 7) is 0. The second-order valence-corrected chi connectivity index (χ2v) is 7.29. The summed E-state index contributed by atoms with van der Waals surface area (Å²) >= 11 is 3.65. The molecular weight excluding hydrogens is 354 g/mol. The van der Waals surface area contributed by atoms with Gasteiger partial charge in [0.05, 0.1) is 0 Å². The van der Waals surface area contributed by atoms with Crippen LogP contribution in [0.4, 0.5) is 5.82 Å². The summed E-state index contributed by atoms with van der Waals surface area (Å²) in [5.74, 6) is 2.99. The molecule has 2 fully saturated rings. The van der Waals surface area contributed by atoms with Crippen LogP contribution < -0.4 is 5.32 Å². The number of fused-ring (bicyclic) bond motifs is 1. The number of halogens is 1. The van der Waals surface area contributed by atoms with E-state index in [1.807, 2.05) is 16.6 Å². The van der Waals surface area contributed by atoms with Crippen LogP contribution in [0.15, 0.2) is 40.9 Å². The Hall–Kier alpha value is -1.95. The summed E-state index contributed by atoms with van der Waals surface area (Å²) in [6, 6.07) is 12.9. The Morgan fingerprint density at radius 1 is 1.09 bits per heavy atom. The average Bonchev–Trinajstić information content (AvgIpc) is 3.48. The maximum absolute atomic E-state index is 4.70. The van der Waals surface area contributed by atoms with Crippen molar-refractivity contribution in [2.45, 2.75) is 37.1 Å². The van der Waals surface area contributed by atoms with Crippen LogP contribution in [0.2, 0.25) is 0 Å². The molecule has 116 valence electrons. The fraction of sp³-hybridized carbons (Fsp3) is 0.353. The van der Waals surface area contributed by atoms with E-state index in [1.165, 1.54) is 22.9 Å². The molecule has 6 heteroatoms. The largest absolute Gasteiger partial charge is 0.365 e. The number of hydrogen-bond acceptors (Lipinski definition) is 4. The van der Waals surface area contributed by atoms with E-state index in [-0.39, 0.29) is 0 Å². The van der Waals surface area contributed by atoms with Crippen molar-refractivity contribution >= 4 is 27.4 Å². The average molecular weight is 370 g/mol. The topological polar surface area (TPSA) is 55.1 Å². The van der Waals surface area contributed by atoms with Gasteiger partial charge >= 0.3 is 0 Å². The molecule has 0 aliphatic heterocycles. The number of benzene rings is 1. The van der Waals surface area contributed by atoms with Gasteiger partial charge < -0.3 is 5.32 Å². The minimum Gasteiger partial charge on any atom is -0.365 e. The highest BCUT2D eigenvalue weighted by Crippen LogP contribution is 2.45. The van der Waals surface area contributed by atoms with Gasteiger partial charge in [-0.2, -0.15) is 4.52 Å². The van der Waals surface area contributed by atoms with Gasteiger partial charge in [0.1, 0.15) is 5.82 Å². The van der Waals surface area contributed by atoms with Crippen LogP contribution in [0.1, 0.15) is 42.5 Å². The molecule has 0 radical (unpaired) electrons. The smallest absolute Gasteiger partial charge is 0.178 e. The van der Waals surface area contributed by atoms with Crippen LogP contribution in [0, 0.1) is 0 Å². The molecule has 2 aliphatic carbocycles. The lowest BCUT2D eigenvalue weighted by Gasteiger charge is -2.07. The Morgan fingerprint density at radius 3 is 2.78 bits per heavy atom. The van der Waals surface area contributed by atoms with Crippen LogP contribution >= 0.6 is 15.9 Å². The Labute approximate surface area is 142 Å². The third-order valence-electron chi connectivity index (χ3n) is 4.66. The molecule has 2 aliphatic rings. The van der Waals surface area contributed by atoms with E-state index in [9.17, 15) is 0 Å². The summed E-state index contributed by atoms with van der Waals surface area (Å²) in [4.78, 5) is 0. The molecule has 3 aromatic rings. The zero-order chi connectivity index (χ0) is 15.4. The van der Waals surface area contributed by atoms with E-state index >= 15 is 0 Å². The number of rotatable bonds is 4. The van der Waals surface area contributed by atoms with Crippen molar-refractivity contribution in [2.75, 3.05) is 5.32 Å². The summed E-state index contributed by atoms with van der Waals surface area (Å²) in [5, 5.41) is 16.7. The van der Waals surface area contributed by atoms with Crippen LogP contribution in [0.25, 0.3) is 5.65 Å². The maximum Gasteiger partial charge on any atom is 0.178 e. The van der Waals surface area contributed by atoms with Crippen LogP contribution in [-0.2, 0) is 0 Å². The van der Waals surface area contributed by atoms with E-state index in [1.54, 1.807) is 0 Å². The summed E-state index contributed by atoms with van der Waals surface area (Å²) < 4.78 is 3.09. The Balaban J connectivity index is 1.38. The number of aromatic nitrogens is 4. The van der Waals surface area contributed by atoms with Gasteiger partial charge in [-0.05, 0) is 43.0 Å². The summed E-state index contributed by atoms with van der Waals surface area (Å²) in [6.07, 6.45) is 3.54. The van der Waals surface area contributed by atoms with Crippen molar-refractivity contribution in [3.63, 3.8) is 0 Å². The van der Waals surface area contributed by atoms with Gasteiger partial charge in [0.15, 0.2) is 11.5 Å². The number of nitrogens with one attached hydrogen (secondary N) is 1. The normalized spacial score (nSPS) is 23.2. The Morgan fingerprint density at radius 2 is 1.96 bits per heavy atom. The van der Waals surface area contributed by atoms with Crippen LogP contribution in [-0.4, -0.2) is 25.9 Å². The lowest BCUT2D eigenvalue weighted by Crippen LogP contribution is -2.08. The van der Waals surface area contributed by atoms with Crippen molar-refractivity contribution in [3.8, 4) is 0 Å². The first kappa shape index (κ1) is 13.5. The van der Waals surface area contributed by atoms with Gasteiger partial charge in [0.25, 0.3) is 0 Å². The first-order valence-corrected chi connectivity index (χ1v) is 8.82. The van der Waals surface area contributed by atoms with Gasteiger partial charge in [0, 0.05) is 22.4 Å². The fourth-order valence-electron chi connectivity index (χ4n) is 3.14. The standard InChI is InChI=1S/C17H16BrN5/c18-13-4-2-1-3-11(13)12-9-14(12)19-15-7-8-16-20-21-17(10-5-6-10)23(16)22-15/h1-4,7-8,10,12,14H,5-6,9H2,(H,19,22). The molecule has 1 aromatic carbocycles. The summed E-state index contributed by atoms with van der Waals surface area (Å²) in [7, 11) is 0. The first-order valence-electron chi connectivity index (χ1n) is 8.03. The fourth-order valence-corrected chi connectivity index (χ4v) is 3.72. The number of hydrogen-bond donors (Lipinski definition) is 1. The van der Waals surface area contributed by atoms with E-state index < -0.39 is 0 Å². The minimum absolute atomic E-state index is 0.444. The molecule has 23 heavy (non-hydrogen) atoms. The van der Waals surface area contributed by atoms with Gasteiger partial charge in [-0.15, -0.1) is 15.3 Å². The molecule has 1 N–H and O–H groups in total. The molecule has 0 spiro atoms. The van der Waals surface area contributed by atoms with Crippen LogP contribution in [0.3, 0.4) is 0 Å². The Kier molecular flexibility index (Phi) is 2.95. The molecule has 2 heterocycles. The SMILES string of the molecule is Brc1ccccc1C1CC1Nc1ccc2nnc(C3CC3)n2n1. The van der Waals surface area contributed by atoms with Crippen molar-refractivity contribution < 1.29 is 0 Å². The highest BCUT2D eigenvalue weighted by molar-refractivity contribution is 9.10. The van der Waals surface area contributed by atoms with Crippen molar-refractivity contribution in [1.82, 2.24) is 19.8 Å². The van der Waals surface area contributed by atoms with Crippen molar-refractivity contribution in [1.29, 1.82) is 0 Å². The molecule has 0 saturated heterocycles. The summed E-state index contributed by atoms with van der Waals surface area (Å²) in [5.41, 5.74) is 2.20. The van der Waals surface area contributed by atoms with E-state index in [0.717, 1.165) is 23.7 Å². The number of nitrogens with zero attached hydrogens (tertiary/aromatic N) is 4. The van der Waals surface area contributed by atoms with Gasteiger partial charge in [-0.25, -0.2) is 0 Å². The quantitative estimate of drug-likeness (QED) is 0.760. The third kappa shape index (κ3) is 2.41. The predicted octanol–water partition coefficient (Wildman–Crippen LogP) is 3.73. The molecule has 0 bridgehead atoms. The molecule has 2 saturated carbocycles. The predicted molar refractivity (Wildman–Crippen MR) is 91.7 cm³/mol. The highest BCUT2D eigenvalue weighted by atomic mass is 79.9. The van der Waals surface area contributed by atoms with Crippen LogP contribution in [0.5, 0.6) is 0 Å². The molecule has 2 atom stereocenters. The zero-order valence-electron chi connectivity index (χ0n) is 12.5. The first-order chi connectivity index (χ1) is 11.3. The third-order valence-corrected chi connectivity index (χ3v) is 5.38. The lowest BCUT2D eigenvalue weighted by molar-refractivity contribution is 0.813. The van der Waals surface area contributed by atoms with Gasteiger partial charge in [-0.1, -0.05) is 34.1 Å². The molecule has 2 unspecified atom stereocenters. The van der Waals surface area contributed by atoms with E-state index in [4.69, 9.17) is 5.10 Å². The highest BCUT2D eigenvalue weighted by Gasteiger charge is 2.39. The molecular formula is C17H16BrN5. The van der Waals surface area contributed by atoms with Gasteiger partial charge in [0.2, 0.25) is 0 Å². The lowest BCUT2D eigenvalue weighted by atomic mass is 10.1.